The number of amides is 1. The van der Waals surface area contributed by atoms with E-state index in [9.17, 15) is 4.79 Å². The summed E-state index contributed by atoms with van der Waals surface area (Å²) in [5, 5.41) is 9.29. The molecule has 0 aliphatic heterocycles. The van der Waals surface area contributed by atoms with Crippen LogP contribution in [0.5, 0.6) is 5.75 Å². The fourth-order valence-corrected chi connectivity index (χ4v) is 1.66. The maximum absolute atomic E-state index is 11.6. The van der Waals surface area contributed by atoms with E-state index in [2.05, 4.69) is 20.5 Å². The number of aromatic nitrogens is 3. The molecule has 0 spiro atoms. The molecule has 0 bridgehead atoms. The summed E-state index contributed by atoms with van der Waals surface area (Å²) >= 11 is 0. The lowest BCUT2D eigenvalue weighted by Gasteiger charge is -2.07. The van der Waals surface area contributed by atoms with Crippen LogP contribution in [0.1, 0.15) is 17.8 Å². The van der Waals surface area contributed by atoms with Crippen LogP contribution in [0, 0.1) is 6.92 Å². The van der Waals surface area contributed by atoms with E-state index in [4.69, 9.17) is 4.74 Å². The molecule has 0 saturated heterocycles. The van der Waals surface area contributed by atoms with Crippen molar-refractivity contribution in [3.63, 3.8) is 0 Å². The largest absolute Gasteiger partial charge is 0.493 e. The number of hydrogen-bond acceptors (Lipinski definition) is 4. The van der Waals surface area contributed by atoms with E-state index in [-0.39, 0.29) is 5.91 Å². The second-order valence-corrected chi connectivity index (χ2v) is 4.44. The lowest BCUT2D eigenvalue weighted by atomic mass is 10.2. The summed E-state index contributed by atoms with van der Waals surface area (Å²) in [4.78, 5) is 15.6. The highest BCUT2D eigenvalue weighted by molar-refractivity contribution is 5.75. The summed E-state index contributed by atoms with van der Waals surface area (Å²) in [5.74, 6) is 1.52. The molecule has 0 atom stereocenters. The Morgan fingerprint density at radius 3 is 2.85 bits per heavy atom. The molecule has 0 saturated carbocycles. The molecule has 0 radical (unpaired) electrons. The smallest absolute Gasteiger partial charge is 0.223 e. The van der Waals surface area contributed by atoms with E-state index < -0.39 is 0 Å². The summed E-state index contributed by atoms with van der Waals surface area (Å²) in [7, 11) is 0. The van der Waals surface area contributed by atoms with Gasteiger partial charge in [-0.05, 0) is 19.1 Å². The van der Waals surface area contributed by atoms with Crippen molar-refractivity contribution >= 4 is 5.91 Å². The number of H-pyrrole nitrogens is 1. The number of benzene rings is 1. The number of ether oxygens (including phenoxy) is 1. The Morgan fingerprint density at radius 2 is 2.15 bits per heavy atom. The zero-order valence-corrected chi connectivity index (χ0v) is 11.4. The zero-order valence-electron chi connectivity index (χ0n) is 11.4. The molecule has 2 rings (SSSR count). The van der Waals surface area contributed by atoms with Crippen LogP contribution in [0.3, 0.4) is 0 Å². The van der Waals surface area contributed by atoms with Crippen LogP contribution in [0.2, 0.25) is 0 Å². The average Bonchev–Trinajstić information content (AvgIpc) is 2.94. The molecule has 2 aromatic rings. The molecule has 6 heteroatoms. The molecule has 1 aromatic heterocycles. The Balaban J connectivity index is 1.59. The highest BCUT2D eigenvalue weighted by atomic mass is 16.5. The molecule has 6 nitrogen and oxygen atoms in total. The van der Waals surface area contributed by atoms with Crippen LogP contribution in [0.4, 0.5) is 0 Å². The minimum atomic E-state index is -0.0309. The van der Waals surface area contributed by atoms with E-state index in [0.717, 1.165) is 11.6 Å². The standard InChI is InChI=1S/C14H18N4O2/c1-11-2-4-12(5-3-11)20-9-7-14(19)15-8-6-13-16-10-17-18-13/h2-5,10H,6-9H2,1H3,(H,15,19)(H,16,17,18). The van der Waals surface area contributed by atoms with Crippen molar-refractivity contribution in [2.24, 2.45) is 0 Å². The summed E-state index contributed by atoms with van der Waals surface area (Å²) in [6.45, 7) is 2.93. The Kier molecular flexibility index (Phi) is 5.11. The molecule has 2 N–H and O–H groups in total. The molecule has 1 heterocycles. The summed E-state index contributed by atoms with van der Waals surface area (Å²) in [5.41, 5.74) is 1.18. The van der Waals surface area contributed by atoms with Crippen molar-refractivity contribution in [2.75, 3.05) is 13.2 Å². The van der Waals surface area contributed by atoms with Crippen molar-refractivity contribution in [2.45, 2.75) is 19.8 Å². The first-order valence-corrected chi connectivity index (χ1v) is 6.54. The van der Waals surface area contributed by atoms with Crippen LogP contribution in [0.15, 0.2) is 30.6 Å². The molecule has 0 fully saturated rings. The first-order valence-electron chi connectivity index (χ1n) is 6.54. The highest BCUT2D eigenvalue weighted by Crippen LogP contribution is 2.11. The van der Waals surface area contributed by atoms with Gasteiger partial charge in [-0.2, -0.15) is 5.10 Å². The Bertz CT molecular complexity index is 523. The minimum Gasteiger partial charge on any atom is -0.493 e. The van der Waals surface area contributed by atoms with Crippen molar-refractivity contribution in [1.82, 2.24) is 20.5 Å². The molecule has 0 aliphatic rings. The number of hydrogen-bond donors (Lipinski definition) is 2. The Hall–Kier alpha value is -2.37. The SMILES string of the molecule is Cc1ccc(OCCC(=O)NCCc2ncn[nH]2)cc1. The maximum Gasteiger partial charge on any atom is 0.223 e. The average molecular weight is 274 g/mol. The monoisotopic (exact) mass is 274 g/mol. The van der Waals surface area contributed by atoms with Gasteiger partial charge in [0.15, 0.2) is 0 Å². The molecule has 0 aliphatic carbocycles. The van der Waals surface area contributed by atoms with Crippen LogP contribution in [0.25, 0.3) is 0 Å². The number of nitrogens with one attached hydrogen (secondary N) is 2. The predicted octanol–water partition coefficient (Wildman–Crippen LogP) is 1.24. The summed E-state index contributed by atoms with van der Waals surface area (Å²) in [6.07, 6.45) is 2.43. The first-order chi connectivity index (χ1) is 9.74. The second-order valence-electron chi connectivity index (χ2n) is 4.44. The minimum absolute atomic E-state index is 0.0309. The zero-order chi connectivity index (χ0) is 14.2. The Morgan fingerprint density at radius 1 is 1.35 bits per heavy atom. The number of nitrogens with zero attached hydrogens (tertiary/aromatic N) is 2. The van der Waals surface area contributed by atoms with Gasteiger partial charge in [0.25, 0.3) is 0 Å². The van der Waals surface area contributed by atoms with Gasteiger partial charge in [-0.15, -0.1) is 0 Å². The number of rotatable bonds is 7. The van der Waals surface area contributed by atoms with E-state index >= 15 is 0 Å². The van der Waals surface area contributed by atoms with Gasteiger partial charge in [-0.3, -0.25) is 9.89 Å². The highest BCUT2D eigenvalue weighted by Gasteiger charge is 2.02. The van der Waals surface area contributed by atoms with E-state index in [1.54, 1.807) is 0 Å². The van der Waals surface area contributed by atoms with Gasteiger partial charge in [-0.25, -0.2) is 4.98 Å². The third-order valence-electron chi connectivity index (χ3n) is 2.77. The summed E-state index contributed by atoms with van der Waals surface area (Å²) in [6, 6.07) is 7.76. The number of aryl methyl sites for hydroxylation is 1. The number of carbonyl (C=O) groups is 1. The van der Waals surface area contributed by atoms with Crippen molar-refractivity contribution in [3.8, 4) is 5.75 Å². The fourth-order valence-electron chi connectivity index (χ4n) is 1.66. The molecular weight excluding hydrogens is 256 g/mol. The quantitative estimate of drug-likeness (QED) is 0.796. The first kappa shape index (κ1) is 14.0. The van der Waals surface area contributed by atoms with Gasteiger partial charge in [0.05, 0.1) is 13.0 Å². The lowest BCUT2D eigenvalue weighted by molar-refractivity contribution is -0.121. The van der Waals surface area contributed by atoms with E-state index in [1.165, 1.54) is 11.9 Å². The number of aromatic amines is 1. The second kappa shape index (κ2) is 7.28. The molecule has 1 aromatic carbocycles. The molecule has 106 valence electrons. The van der Waals surface area contributed by atoms with Crippen molar-refractivity contribution in [1.29, 1.82) is 0 Å². The molecule has 0 unspecified atom stereocenters. The van der Waals surface area contributed by atoms with Gasteiger partial charge in [0.2, 0.25) is 5.91 Å². The summed E-state index contributed by atoms with van der Waals surface area (Å²) < 4.78 is 5.49. The van der Waals surface area contributed by atoms with Crippen LogP contribution < -0.4 is 10.1 Å². The molecular formula is C14H18N4O2. The van der Waals surface area contributed by atoms with Gasteiger partial charge < -0.3 is 10.1 Å². The van der Waals surface area contributed by atoms with Crippen LogP contribution in [-0.2, 0) is 11.2 Å². The van der Waals surface area contributed by atoms with E-state index in [1.807, 2.05) is 31.2 Å². The van der Waals surface area contributed by atoms with Gasteiger partial charge in [-0.1, -0.05) is 17.7 Å². The lowest BCUT2D eigenvalue weighted by Crippen LogP contribution is -2.27. The third-order valence-corrected chi connectivity index (χ3v) is 2.77. The Labute approximate surface area is 117 Å². The van der Waals surface area contributed by atoms with Crippen molar-refractivity contribution < 1.29 is 9.53 Å². The topological polar surface area (TPSA) is 79.9 Å². The maximum atomic E-state index is 11.6. The predicted molar refractivity (Wildman–Crippen MR) is 74.4 cm³/mol. The molecule has 20 heavy (non-hydrogen) atoms. The van der Waals surface area contributed by atoms with Crippen molar-refractivity contribution in [3.05, 3.63) is 42.0 Å². The molecule has 1 amide bonds. The van der Waals surface area contributed by atoms with Crippen LogP contribution in [-0.4, -0.2) is 34.2 Å². The van der Waals surface area contributed by atoms with E-state index in [0.29, 0.717) is 26.0 Å². The van der Waals surface area contributed by atoms with Gasteiger partial charge in [0, 0.05) is 13.0 Å². The van der Waals surface area contributed by atoms with Crippen LogP contribution >= 0.6 is 0 Å². The van der Waals surface area contributed by atoms with Gasteiger partial charge >= 0.3 is 0 Å². The normalized spacial score (nSPS) is 10.2. The van der Waals surface area contributed by atoms with Gasteiger partial charge in [0.1, 0.15) is 17.9 Å². The fraction of sp³-hybridized carbons (Fsp3) is 0.357. The number of carbonyl (C=O) groups excluding carboxylic acids is 1. The third kappa shape index (κ3) is 4.72.